The number of hydrogen-bond acceptors (Lipinski definition) is 2. The zero-order valence-electron chi connectivity index (χ0n) is 11.5. The average molecular weight is 338 g/mol. The molecule has 2 aromatic carbocycles. The number of halogens is 2. The number of ether oxygens (including phenoxy) is 1. The molecule has 0 aliphatic heterocycles. The maximum atomic E-state index is 13.3. The van der Waals surface area contributed by atoms with Crippen LogP contribution < -0.4 is 10.5 Å². The molecule has 4 heteroatoms. The Balaban J connectivity index is 2.18. The van der Waals surface area contributed by atoms with Crippen molar-refractivity contribution in [3.8, 4) is 5.75 Å². The third-order valence-corrected chi connectivity index (χ3v) is 3.43. The van der Waals surface area contributed by atoms with Gasteiger partial charge < -0.3 is 10.5 Å². The molecule has 0 bridgehead atoms. The zero-order chi connectivity index (χ0) is 14.7. The largest absolute Gasteiger partial charge is 0.489 e. The first kappa shape index (κ1) is 15.0. The molecule has 0 heterocycles. The summed E-state index contributed by atoms with van der Waals surface area (Å²) in [5, 5.41) is 0. The van der Waals surface area contributed by atoms with Crippen molar-refractivity contribution in [1.29, 1.82) is 0 Å². The van der Waals surface area contributed by atoms with Gasteiger partial charge in [0, 0.05) is 16.1 Å². The molecule has 0 spiro atoms. The fraction of sp³-hybridized carbons (Fsp3) is 0.250. The molecule has 106 valence electrons. The maximum Gasteiger partial charge on any atom is 0.124 e. The highest BCUT2D eigenvalue weighted by Crippen LogP contribution is 2.26. The first-order valence-corrected chi connectivity index (χ1v) is 7.19. The Morgan fingerprint density at radius 1 is 1.25 bits per heavy atom. The van der Waals surface area contributed by atoms with E-state index in [-0.39, 0.29) is 11.9 Å². The van der Waals surface area contributed by atoms with Gasteiger partial charge in [-0.25, -0.2) is 4.39 Å². The maximum absolute atomic E-state index is 13.3. The fourth-order valence-electron chi connectivity index (χ4n) is 2.01. The molecule has 0 fully saturated rings. The predicted octanol–water partition coefficient (Wildman–Crippen LogP) is 4.50. The Bertz CT molecular complexity index is 593. The minimum Gasteiger partial charge on any atom is -0.489 e. The van der Waals surface area contributed by atoms with Gasteiger partial charge in [0.25, 0.3) is 0 Å². The van der Waals surface area contributed by atoms with Gasteiger partial charge in [-0.3, -0.25) is 0 Å². The topological polar surface area (TPSA) is 35.2 Å². The Labute approximate surface area is 126 Å². The summed E-state index contributed by atoms with van der Waals surface area (Å²) in [5.41, 5.74) is 8.82. The highest BCUT2D eigenvalue weighted by molar-refractivity contribution is 9.10. The van der Waals surface area contributed by atoms with Crippen LogP contribution >= 0.6 is 15.9 Å². The summed E-state index contributed by atoms with van der Waals surface area (Å²) in [4.78, 5) is 0. The monoisotopic (exact) mass is 337 g/mol. The Morgan fingerprint density at radius 3 is 2.65 bits per heavy atom. The van der Waals surface area contributed by atoms with Crippen molar-refractivity contribution in [2.75, 3.05) is 0 Å². The van der Waals surface area contributed by atoms with Crippen LogP contribution in [0, 0.1) is 12.7 Å². The van der Waals surface area contributed by atoms with E-state index >= 15 is 0 Å². The third-order valence-electron chi connectivity index (χ3n) is 2.97. The van der Waals surface area contributed by atoms with E-state index in [9.17, 15) is 4.39 Å². The lowest BCUT2D eigenvalue weighted by Gasteiger charge is -2.15. The molecule has 0 saturated carbocycles. The molecule has 20 heavy (non-hydrogen) atoms. The van der Waals surface area contributed by atoms with Crippen molar-refractivity contribution in [1.82, 2.24) is 0 Å². The molecule has 0 aliphatic rings. The second-order valence-electron chi connectivity index (χ2n) is 4.90. The van der Waals surface area contributed by atoms with Gasteiger partial charge in [0.15, 0.2) is 0 Å². The van der Waals surface area contributed by atoms with E-state index in [0.29, 0.717) is 11.1 Å². The van der Waals surface area contributed by atoms with Crippen molar-refractivity contribution < 1.29 is 9.13 Å². The lowest BCUT2D eigenvalue weighted by molar-refractivity contribution is 0.300. The van der Waals surface area contributed by atoms with Gasteiger partial charge in [0.1, 0.15) is 18.2 Å². The van der Waals surface area contributed by atoms with Gasteiger partial charge >= 0.3 is 0 Å². The van der Waals surface area contributed by atoms with Crippen LogP contribution in [-0.4, -0.2) is 0 Å². The molecule has 0 saturated heterocycles. The molecular weight excluding hydrogens is 321 g/mol. The predicted molar refractivity (Wildman–Crippen MR) is 82.2 cm³/mol. The molecule has 0 radical (unpaired) electrons. The summed E-state index contributed by atoms with van der Waals surface area (Å²) in [7, 11) is 0. The Kier molecular flexibility index (Phi) is 4.78. The summed E-state index contributed by atoms with van der Waals surface area (Å²) in [6, 6.07) is 10.5. The standard InChI is InChI=1S/C16H17BrFNO/c1-10-3-4-16(15(5-10)11(2)19)20-9-12-6-13(17)8-14(18)7-12/h3-8,11H,9,19H2,1-2H3/t11-/m1/s1. The van der Waals surface area contributed by atoms with Crippen molar-refractivity contribution in [3.63, 3.8) is 0 Å². The van der Waals surface area contributed by atoms with E-state index in [1.54, 1.807) is 0 Å². The van der Waals surface area contributed by atoms with Crippen molar-refractivity contribution >= 4 is 15.9 Å². The quantitative estimate of drug-likeness (QED) is 0.891. The molecule has 0 aromatic heterocycles. The van der Waals surface area contributed by atoms with Gasteiger partial charge in [0.05, 0.1) is 0 Å². The molecular formula is C16H17BrFNO. The minimum absolute atomic E-state index is 0.107. The minimum atomic E-state index is -0.283. The average Bonchev–Trinajstić information content (AvgIpc) is 2.36. The summed E-state index contributed by atoms with van der Waals surface area (Å²) in [5.74, 6) is 0.459. The molecule has 2 N–H and O–H groups in total. The smallest absolute Gasteiger partial charge is 0.124 e. The van der Waals surface area contributed by atoms with Gasteiger partial charge in [0.2, 0.25) is 0 Å². The van der Waals surface area contributed by atoms with Crippen LogP contribution in [0.2, 0.25) is 0 Å². The molecule has 1 atom stereocenters. The molecule has 2 rings (SSSR count). The third kappa shape index (κ3) is 3.81. The summed E-state index contributed by atoms with van der Waals surface area (Å²) in [6.07, 6.45) is 0. The van der Waals surface area contributed by atoms with E-state index in [4.69, 9.17) is 10.5 Å². The van der Waals surface area contributed by atoms with Crippen molar-refractivity contribution in [2.24, 2.45) is 5.73 Å². The highest BCUT2D eigenvalue weighted by atomic mass is 79.9. The summed E-state index contributed by atoms with van der Waals surface area (Å²) in [6.45, 7) is 4.24. The molecule has 0 aliphatic carbocycles. The van der Waals surface area contributed by atoms with Gasteiger partial charge in [-0.1, -0.05) is 33.6 Å². The highest BCUT2D eigenvalue weighted by Gasteiger charge is 2.09. The van der Waals surface area contributed by atoms with Crippen LogP contribution in [0.25, 0.3) is 0 Å². The molecule has 0 amide bonds. The van der Waals surface area contributed by atoms with E-state index in [1.165, 1.54) is 12.1 Å². The number of rotatable bonds is 4. The van der Waals surface area contributed by atoms with Crippen LogP contribution in [-0.2, 0) is 6.61 Å². The number of nitrogens with two attached hydrogens (primary N) is 1. The lowest BCUT2D eigenvalue weighted by Crippen LogP contribution is -2.08. The van der Waals surface area contributed by atoms with E-state index < -0.39 is 0 Å². The van der Waals surface area contributed by atoms with Crippen LogP contribution in [0.5, 0.6) is 5.75 Å². The normalized spacial score (nSPS) is 12.2. The number of hydrogen-bond donors (Lipinski definition) is 1. The first-order valence-electron chi connectivity index (χ1n) is 6.39. The summed E-state index contributed by atoms with van der Waals surface area (Å²) < 4.78 is 19.8. The summed E-state index contributed by atoms with van der Waals surface area (Å²) >= 11 is 3.27. The SMILES string of the molecule is Cc1ccc(OCc2cc(F)cc(Br)c2)c([C@@H](C)N)c1. The van der Waals surface area contributed by atoms with Crippen LogP contribution in [0.15, 0.2) is 40.9 Å². The molecule has 0 unspecified atom stereocenters. The van der Waals surface area contributed by atoms with E-state index in [2.05, 4.69) is 15.9 Å². The Morgan fingerprint density at radius 2 is 2.00 bits per heavy atom. The zero-order valence-corrected chi connectivity index (χ0v) is 13.1. The Hall–Kier alpha value is -1.39. The van der Waals surface area contributed by atoms with E-state index in [1.807, 2.05) is 38.1 Å². The van der Waals surface area contributed by atoms with E-state index in [0.717, 1.165) is 22.4 Å². The van der Waals surface area contributed by atoms with Crippen LogP contribution in [0.4, 0.5) is 4.39 Å². The number of aryl methyl sites for hydroxylation is 1. The van der Waals surface area contributed by atoms with Crippen LogP contribution in [0.3, 0.4) is 0 Å². The van der Waals surface area contributed by atoms with Crippen LogP contribution in [0.1, 0.15) is 29.7 Å². The molecule has 2 nitrogen and oxygen atoms in total. The fourth-order valence-corrected chi connectivity index (χ4v) is 2.52. The van der Waals surface area contributed by atoms with Gasteiger partial charge in [-0.05, 0) is 43.7 Å². The first-order chi connectivity index (χ1) is 9.45. The lowest BCUT2D eigenvalue weighted by atomic mass is 10.1. The van der Waals surface area contributed by atoms with Gasteiger partial charge in [-0.2, -0.15) is 0 Å². The van der Waals surface area contributed by atoms with Crippen molar-refractivity contribution in [3.05, 3.63) is 63.4 Å². The second kappa shape index (κ2) is 6.37. The number of benzene rings is 2. The van der Waals surface area contributed by atoms with Crippen molar-refractivity contribution in [2.45, 2.75) is 26.5 Å². The van der Waals surface area contributed by atoms with Gasteiger partial charge in [-0.15, -0.1) is 0 Å². The second-order valence-corrected chi connectivity index (χ2v) is 5.81. The molecule has 2 aromatic rings.